The Labute approximate surface area is 131 Å². The van der Waals surface area contributed by atoms with E-state index < -0.39 is 5.60 Å². The van der Waals surface area contributed by atoms with Crippen LogP contribution in [0.2, 0.25) is 5.02 Å². The molecule has 1 atom stereocenters. The summed E-state index contributed by atoms with van der Waals surface area (Å²) in [6.07, 6.45) is 0. The van der Waals surface area contributed by atoms with Crippen LogP contribution in [0, 0.1) is 0 Å². The maximum Gasteiger partial charge on any atom is 0.241 e. The van der Waals surface area contributed by atoms with Crippen molar-refractivity contribution in [2.24, 2.45) is 0 Å². The fourth-order valence-corrected chi connectivity index (χ4v) is 2.29. The first-order valence-corrected chi connectivity index (χ1v) is 7.34. The first-order valence-electron chi connectivity index (χ1n) is 6.96. The third-order valence-electron chi connectivity index (χ3n) is 3.17. The molecule has 1 rings (SSSR count). The maximum atomic E-state index is 12.3. The standard InChI is InChI=1S/C15H24ClN3O2/c1-5-19(9-15(3,4)21)10(2)14(20)18-13-7-6-11(17)8-12(13)16/h6-8,10,21H,5,9,17H2,1-4H3,(H,18,20). The highest BCUT2D eigenvalue weighted by Crippen LogP contribution is 2.24. The summed E-state index contributed by atoms with van der Waals surface area (Å²) in [5.41, 5.74) is 5.84. The highest BCUT2D eigenvalue weighted by molar-refractivity contribution is 6.34. The number of anilines is 2. The highest BCUT2D eigenvalue weighted by Gasteiger charge is 2.25. The molecule has 21 heavy (non-hydrogen) atoms. The lowest BCUT2D eigenvalue weighted by Crippen LogP contribution is -2.48. The molecule has 0 saturated carbocycles. The second-order valence-electron chi connectivity index (χ2n) is 5.78. The zero-order chi connectivity index (χ0) is 16.2. The molecule has 6 heteroatoms. The van der Waals surface area contributed by atoms with Gasteiger partial charge in [0.2, 0.25) is 5.91 Å². The summed E-state index contributed by atoms with van der Waals surface area (Å²) in [6, 6.07) is 4.57. The zero-order valence-electron chi connectivity index (χ0n) is 13.0. The summed E-state index contributed by atoms with van der Waals surface area (Å²) in [5.74, 6) is -0.173. The van der Waals surface area contributed by atoms with Crippen LogP contribution in [0.3, 0.4) is 0 Å². The number of nitrogens with one attached hydrogen (secondary N) is 1. The van der Waals surface area contributed by atoms with Crippen molar-refractivity contribution in [2.75, 3.05) is 24.1 Å². The molecule has 0 saturated heterocycles. The van der Waals surface area contributed by atoms with Crippen molar-refractivity contribution in [3.63, 3.8) is 0 Å². The Balaban J connectivity index is 2.77. The van der Waals surface area contributed by atoms with Gasteiger partial charge in [0.25, 0.3) is 0 Å². The molecule has 0 fully saturated rings. The van der Waals surface area contributed by atoms with Crippen LogP contribution < -0.4 is 11.1 Å². The molecule has 118 valence electrons. The molecular weight excluding hydrogens is 290 g/mol. The molecule has 0 spiro atoms. The van der Waals surface area contributed by atoms with Gasteiger partial charge < -0.3 is 16.2 Å². The maximum absolute atomic E-state index is 12.3. The third-order valence-corrected chi connectivity index (χ3v) is 3.49. The number of rotatable bonds is 6. The average molecular weight is 314 g/mol. The summed E-state index contributed by atoms with van der Waals surface area (Å²) in [6.45, 7) is 8.26. The number of halogens is 1. The van der Waals surface area contributed by atoms with E-state index in [4.69, 9.17) is 17.3 Å². The van der Waals surface area contributed by atoms with Gasteiger partial charge in [0.1, 0.15) is 0 Å². The van der Waals surface area contributed by atoms with Crippen LogP contribution in [0.4, 0.5) is 11.4 Å². The smallest absolute Gasteiger partial charge is 0.241 e. The summed E-state index contributed by atoms with van der Waals surface area (Å²) in [7, 11) is 0. The topological polar surface area (TPSA) is 78.6 Å². The number of likely N-dealkylation sites (N-methyl/N-ethyl adjacent to an activating group) is 1. The Morgan fingerprint density at radius 1 is 1.52 bits per heavy atom. The molecule has 0 aliphatic heterocycles. The number of hydrogen-bond acceptors (Lipinski definition) is 4. The first kappa shape index (κ1) is 17.8. The number of nitrogens with zero attached hydrogens (tertiary/aromatic N) is 1. The van der Waals surface area contributed by atoms with Gasteiger partial charge in [-0.3, -0.25) is 9.69 Å². The lowest BCUT2D eigenvalue weighted by molar-refractivity contribution is -0.121. The average Bonchev–Trinajstić information content (AvgIpc) is 2.37. The molecule has 1 aromatic carbocycles. The van der Waals surface area contributed by atoms with Gasteiger partial charge >= 0.3 is 0 Å². The molecule has 5 nitrogen and oxygen atoms in total. The van der Waals surface area contributed by atoms with Crippen molar-refractivity contribution >= 4 is 28.9 Å². The lowest BCUT2D eigenvalue weighted by Gasteiger charge is -2.32. The van der Waals surface area contributed by atoms with Crippen LogP contribution in [0.25, 0.3) is 0 Å². The number of nitrogens with two attached hydrogens (primary N) is 1. The second-order valence-corrected chi connectivity index (χ2v) is 6.19. The van der Waals surface area contributed by atoms with Gasteiger partial charge in [0.15, 0.2) is 0 Å². The summed E-state index contributed by atoms with van der Waals surface area (Å²) < 4.78 is 0. The summed E-state index contributed by atoms with van der Waals surface area (Å²) in [4.78, 5) is 14.2. The van der Waals surface area contributed by atoms with Crippen LogP contribution >= 0.6 is 11.6 Å². The van der Waals surface area contributed by atoms with Gasteiger partial charge in [-0.2, -0.15) is 0 Å². The van der Waals surface area contributed by atoms with Gasteiger partial charge in [-0.25, -0.2) is 0 Å². The minimum Gasteiger partial charge on any atom is -0.399 e. The van der Waals surface area contributed by atoms with E-state index in [-0.39, 0.29) is 11.9 Å². The van der Waals surface area contributed by atoms with Gasteiger partial charge in [-0.1, -0.05) is 18.5 Å². The Kier molecular flexibility index (Phi) is 6.01. The molecule has 0 aliphatic rings. The molecule has 1 aromatic rings. The van der Waals surface area contributed by atoms with E-state index in [1.807, 2.05) is 11.8 Å². The predicted molar refractivity (Wildman–Crippen MR) is 87.5 cm³/mol. The predicted octanol–water partition coefficient (Wildman–Crippen LogP) is 2.34. The van der Waals surface area contributed by atoms with Crippen LogP contribution in [0.15, 0.2) is 18.2 Å². The van der Waals surface area contributed by atoms with Crippen LogP contribution in [-0.2, 0) is 4.79 Å². The lowest BCUT2D eigenvalue weighted by atomic mass is 10.1. The van der Waals surface area contributed by atoms with Crippen LogP contribution in [0.1, 0.15) is 27.7 Å². The van der Waals surface area contributed by atoms with E-state index in [0.717, 1.165) is 0 Å². The molecule has 0 bridgehead atoms. The van der Waals surface area contributed by atoms with E-state index >= 15 is 0 Å². The highest BCUT2D eigenvalue weighted by atomic mass is 35.5. The number of amides is 1. The molecule has 0 heterocycles. The summed E-state index contributed by atoms with van der Waals surface area (Å²) in [5, 5.41) is 13.1. The number of nitrogen functional groups attached to an aromatic ring is 1. The number of hydrogen-bond donors (Lipinski definition) is 3. The quantitative estimate of drug-likeness (QED) is 0.704. The van der Waals surface area contributed by atoms with Gasteiger partial charge in [-0.05, 0) is 45.5 Å². The van der Waals surface area contributed by atoms with E-state index in [1.165, 1.54) is 0 Å². The van der Waals surface area contributed by atoms with Crippen molar-refractivity contribution < 1.29 is 9.90 Å². The van der Waals surface area contributed by atoms with Gasteiger partial charge in [0.05, 0.1) is 22.4 Å². The fourth-order valence-electron chi connectivity index (χ4n) is 2.06. The monoisotopic (exact) mass is 313 g/mol. The molecule has 1 unspecified atom stereocenters. The Hall–Kier alpha value is -1.30. The first-order chi connectivity index (χ1) is 9.64. The molecule has 0 aliphatic carbocycles. The minimum atomic E-state index is -0.858. The fraction of sp³-hybridized carbons (Fsp3) is 0.533. The van der Waals surface area contributed by atoms with Crippen molar-refractivity contribution in [3.8, 4) is 0 Å². The largest absolute Gasteiger partial charge is 0.399 e. The third kappa shape index (κ3) is 5.53. The molecule has 1 amide bonds. The van der Waals surface area contributed by atoms with Crippen molar-refractivity contribution in [2.45, 2.75) is 39.3 Å². The van der Waals surface area contributed by atoms with E-state index in [9.17, 15) is 9.90 Å². The van der Waals surface area contributed by atoms with Crippen molar-refractivity contribution in [3.05, 3.63) is 23.2 Å². The Morgan fingerprint density at radius 2 is 2.14 bits per heavy atom. The Morgan fingerprint density at radius 3 is 2.62 bits per heavy atom. The number of benzene rings is 1. The number of aliphatic hydroxyl groups is 1. The zero-order valence-corrected chi connectivity index (χ0v) is 13.7. The molecule has 0 aromatic heterocycles. The van der Waals surface area contributed by atoms with Crippen molar-refractivity contribution in [1.82, 2.24) is 4.90 Å². The molecular formula is C15H24ClN3O2. The van der Waals surface area contributed by atoms with Crippen molar-refractivity contribution in [1.29, 1.82) is 0 Å². The SMILES string of the molecule is CCN(CC(C)(C)O)C(C)C(=O)Nc1ccc(N)cc1Cl. The van der Waals surface area contributed by atoms with E-state index in [0.29, 0.717) is 29.5 Å². The molecule has 4 N–H and O–H groups in total. The van der Waals surface area contributed by atoms with Gasteiger partial charge in [-0.15, -0.1) is 0 Å². The molecule has 0 radical (unpaired) electrons. The van der Waals surface area contributed by atoms with Crippen LogP contribution in [0.5, 0.6) is 0 Å². The van der Waals surface area contributed by atoms with Gasteiger partial charge in [0, 0.05) is 12.2 Å². The number of carbonyl (C=O) groups excluding carboxylic acids is 1. The second kappa shape index (κ2) is 7.11. The number of carbonyl (C=O) groups is 1. The summed E-state index contributed by atoms with van der Waals surface area (Å²) >= 11 is 6.05. The minimum absolute atomic E-state index is 0.173. The normalized spacial score (nSPS) is 13.3. The van der Waals surface area contributed by atoms with E-state index in [2.05, 4.69) is 5.32 Å². The van der Waals surface area contributed by atoms with E-state index in [1.54, 1.807) is 39.0 Å². The Bertz CT molecular complexity index is 500. The van der Waals surface area contributed by atoms with Crippen LogP contribution in [-0.4, -0.2) is 40.6 Å².